The highest BCUT2D eigenvalue weighted by Gasteiger charge is 2.42. The Bertz CT molecular complexity index is 1750. The normalized spacial score (nSPS) is 16.5. The van der Waals surface area contributed by atoms with Crippen LogP contribution in [0.2, 0.25) is 0 Å². The number of rotatable bonds is 6. The number of halogens is 4. The smallest absolute Gasteiger partial charge is 0.457 e. The molecule has 0 fully saturated rings. The number of nitro benzene ring substituents is 2. The van der Waals surface area contributed by atoms with Crippen LogP contribution in [-0.4, -0.2) is 34.4 Å². The predicted molar refractivity (Wildman–Crippen MR) is 161 cm³/mol. The molecule has 2 aliphatic heterocycles. The summed E-state index contributed by atoms with van der Waals surface area (Å²) in [6.45, 7) is 4.39. The topological polar surface area (TPSA) is 98.5 Å². The Balaban J connectivity index is 0.000000818. The maximum Gasteiger partial charge on any atom is 0.673 e. The Labute approximate surface area is 250 Å². The Morgan fingerprint density at radius 3 is 1.86 bits per heavy atom. The molecule has 13 heteroatoms. The Morgan fingerprint density at radius 2 is 1.34 bits per heavy atom. The second-order valence-corrected chi connectivity index (χ2v) is 10.3. The van der Waals surface area contributed by atoms with E-state index in [-0.39, 0.29) is 16.8 Å². The molecular weight excluding hydrogens is 581 g/mol. The number of allylic oxidation sites excluding steroid dienone is 6. The van der Waals surface area contributed by atoms with Gasteiger partial charge in [0.05, 0.1) is 15.3 Å². The van der Waals surface area contributed by atoms with Crippen molar-refractivity contribution in [1.82, 2.24) is 0 Å². The number of benzene rings is 3. The van der Waals surface area contributed by atoms with Gasteiger partial charge in [-0.1, -0.05) is 24.3 Å². The lowest BCUT2D eigenvalue weighted by Crippen LogP contribution is -2.26. The molecule has 0 amide bonds. The first-order chi connectivity index (χ1) is 20.6. The fraction of sp³-hybridized carbons (Fsp3) is 0.129. The molecule has 5 rings (SSSR count). The second kappa shape index (κ2) is 12.5. The van der Waals surface area contributed by atoms with Crippen molar-refractivity contribution in [3.63, 3.8) is 0 Å². The van der Waals surface area contributed by atoms with Crippen LogP contribution in [0.3, 0.4) is 0 Å². The summed E-state index contributed by atoms with van der Waals surface area (Å²) in [5, 5.41) is 22.2. The van der Waals surface area contributed by atoms with Gasteiger partial charge in [-0.2, -0.15) is 4.58 Å². The molecule has 3 aromatic carbocycles. The summed E-state index contributed by atoms with van der Waals surface area (Å²) in [5.41, 5.74) is 5.64. The summed E-state index contributed by atoms with van der Waals surface area (Å²) < 4.78 is 47.4. The zero-order valence-corrected chi connectivity index (χ0v) is 23.8. The Morgan fingerprint density at radius 1 is 0.818 bits per heavy atom. The Kier molecular flexibility index (Phi) is 8.98. The van der Waals surface area contributed by atoms with E-state index in [4.69, 9.17) is 4.74 Å². The van der Waals surface area contributed by atoms with Crippen LogP contribution in [0.4, 0.5) is 34.3 Å². The summed E-state index contributed by atoms with van der Waals surface area (Å²) in [6, 6.07) is 20.8. The maximum absolute atomic E-state index is 11.1. The SMILES string of the molecule is C[N+]1=C(/C=C/C=C2\C=C(c3ccc([N+](=O)[O-])cc3)C=C(c3ccc([N+](=O)[O-])cc3)O2)C(C)(C)c2ccccc21.F[B-](F)(F)F. The van der Waals surface area contributed by atoms with Gasteiger partial charge in [-0.05, 0) is 67.5 Å². The van der Waals surface area contributed by atoms with E-state index in [1.54, 1.807) is 24.3 Å². The Hall–Kier alpha value is -5.33. The quantitative estimate of drug-likeness (QED) is 0.0922. The van der Waals surface area contributed by atoms with Crippen LogP contribution in [0.5, 0.6) is 0 Å². The van der Waals surface area contributed by atoms with E-state index in [1.165, 1.54) is 35.5 Å². The van der Waals surface area contributed by atoms with Crippen LogP contribution >= 0.6 is 0 Å². The average molecular weight is 607 g/mol. The monoisotopic (exact) mass is 607 g/mol. The molecule has 226 valence electrons. The van der Waals surface area contributed by atoms with E-state index in [0.29, 0.717) is 17.1 Å². The second-order valence-electron chi connectivity index (χ2n) is 10.3. The third-order valence-corrected chi connectivity index (χ3v) is 7.04. The van der Waals surface area contributed by atoms with Crippen LogP contribution in [0.25, 0.3) is 11.3 Å². The van der Waals surface area contributed by atoms with Crippen LogP contribution in [0, 0.1) is 20.2 Å². The van der Waals surface area contributed by atoms with Gasteiger partial charge in [0, 0.05) is 47.5 Å². The molecule has 0 atom stereocenters. The van der Waals surface area contributed by atoms with Crippen molar-refractivity contribution in [3.05, 3.63) is 146 Å². The largest absolute Gasteiger partial charge is 0.673 e. The van der Waals surface area contributed by atoms with Crippen LogP contribution in [-0.2, 0) is 10.2 Å². The number of hydrogen-bond acceptors (Lipinski definition) is 5. The molecule has 0 unspecified atom stereocenters. The van der Waals surface area contributed by atoms with Crippen molar-refractivity contribution in [2.45, 2.75) is 19.3 Å². The van der Waals surface area contributed by atoms with Gasteiger partial charge in [-0.3, -0.25) is 20.2 Å². The van der Waals surface area contributed by atoms with Gasteiger partial charge in [-0.15, -0.1) is 0 Å². The third kappa shape index (κ3) is 7.35. The first-order valence-electron chi connectivity index (χ1n) is 13.2. The molecule has 0 N–H and O–H groups in total. The maximum atomic E-state index is 11.1. The van der Waals surface area contributed by atoms with Crippen molar-refractivity contribution in [2.24, 2.45) is 0 Å². The first-order valence-corrected chi connectivity index (χ1v) is 13.2. The summed E-state index contributed by atoms with van der Waals surface area (Å²) in [5.74, 6) is 1.07. The van der Waals surface area contributed by atoms with Crippen molar-refractivity contribution >= 4 is 41.4 Å². The van der Waals surface area contributed by atoms with Gasteiger partial charge in [0.1, 0.15) is 18.6 Å². The van der Waals surface area contributed by atoms with E-state index in [2.05, 4.69) is 49.7 Å². The van der Waals surface area contributed by atoms with Gasteiger partial charge in [0.2, 0.25) is 5.69 Å². The third-order valence-electron chi connectivity index (χ3n) is 7.04. The summed E-state index contributed by atoms with van der Waals surface area (Å²) in [4.78, 5) is 21.3. The molecule has 8 nitrogen and oxygen atoms in total. The van der Waals surface area contributed by atoms with E-state index in [0.717, 1.165) is 16.8 Å². The van der Waals surface area contributed by atoms with E-state index in [9.17, 15) is 37.5 Å². The molecule has 0 aliphatic carbocycles. The van der Waals surface area contributed by atoms with Crippen molar-refractivity contribution < 1.29 is 36.4 Å². The number of nitro groups is 2. The fourth-order valence-corrected chi connectivity index (χ4v) is 4.97. The molecule has 44 heavy (non-hydrogen) atoms. The van der Waals surface area contributed by atoms with Gasteiger partial charge >= 0.3 is 7.25 Å². The fourth-order valence-electron chi connectivity index (χ4n) is 4.97. The number of para-hydroxylation sites is 1. The highest BCUT2D eigenvalue weighted by Crippen LogP contribution is 2.39. The molecule has 3 aromatic rings. The van der Waals surface area contributed by atoms with E-state index in [1.807, 2.05) is 30.4 Å². The molecule has 0 aromatic heterocycles. The van der Waals surface area contributed by atoms with Crippen molar-refractivity contribution in [1.29, 1.82) is 0 Å². The zero-order valence-electron chi connectivity index (χ0n) is 23.8. The number of hydrogen-bond donors (Lipinski definition) is 0. The number of nitrogens with zero attached hydrogens (tertiary/aromatic N) is 3. The molecule has 0 saturated heterocycles. The first kappa shape index (κ1) is 31.6. The predicted octanol–water partition coefficient (Wildman–Crippen LogP) is 8.40. The molecule has 0 spiro atoms. The van der Waals surface area contributed by atoms with E-state index >= 15 is 0 Å². The van der Waals surface area contributed by atoms with Crippen molar-refractivity contribution in [3.8, 4) is 0 Å². The molecule has 2 heterocycles. The lowest BCUT2D eigenvalue weighted by molar-refractivity contribution is -0.401. The minimum absolute atomic E-state index is 0.00556. The molecule has 0 saturated carbocycles. The summed E-state index contributed by atoms with van der Waals surface area (Å²) in [7, 11) is -3.94. The minimum atomic E-state index is -6.00. The van der Waals surface area contributed by atoms with Crippen LogP contribution < -0.4 is 0 Å². The number of non-ortho nitro benzene ring substituents is 2. The van der Waals surface area contributed by atoms with Crippen molar-refractivity contribution in [2.75, 3.05) is 7.05 Å². The summed E-state index contributed by atoms with van der Waals surface area (Å²) in [6.07, 6.45) is 9.56. The molecular formula is C31H26BF4N3O5. The number of ether oxygens (including phenoxy) is 1. The van der Waals surface area contributed by atoms with Gasteiger partial charge < -0.3 is 22.0 Å². The minimum Gasteiger partial charge on any atom is -0.457 e. The van der Waals surface area contributed by atoms with Gasteiger partial charge in [0.25, 0.3) is 11.4 Å². The summed E-state index contributed by atoms with van der Waals surface area (Å²) >= 11 is 0. The van der Waals surface area contributed by atoms with Crippen LogP contribution in [0.15, 0.2) is 109 Å². The van der Waals surface area contributed by atoms with Crippen LogP contribution in [0.1, 0.15) is 30.5 Å². The average Bonchev–Trinajstić information content (AvgIpc) is 3.17. The highest BCUT2D eigenvalue weighted by molar-refractivity contribution is 6.50. The van der Waals surface area contributed by atoms with Gasteiger partial charge in [0.15, 0.2) is 5.71 Å². The van der Waals surface area contributed by atoms with Gasteiger partial charge in [-0.25, -0.2) is 0 Å². The highest BCUT2D eigenvalue weighted by atomic mass is 19.5. The molecule has 0 radical (unpaired) electrons. The lowest BCUT2D eigenvalue weighted by Gasteiger charge is -2.18. The molecule has 2 aliphatic rings. The molecule has 0 bridgehead atoms. The number of fused-ring (bicyclic) bond motifs is 1. The standard InChI is InChI=1S/C31H26N3O5.BF4/c1-31(2)27-8-4-5-9-28(27)32(3)30(31)10-6-7-26-19-23(21-11-15-24(16-12-21)33(35)36)20-29(39-26)22-13-17-25(18-14-22)34(37)38;2-1(3,4)5/h4-20H,1-3H3;/q+1;-1/b10-6+,26-7+;. The lowest BCUT2D eigenvalue weighted by atomic mass is 9.81. The zero-order chi connectivity index (χ0) is 32.2. The van der Waals surface area contributed by atoms with E-state index < -0.39 is 17.1 Å².